The molecule has 27 heavy (non-hydrogen) atoms. The molecule has 3 heterocycles. The van der Waals surface area contributed by atoms with Crippen molar-refractivity contribution in [1.82, 2.24) is 24.6 Å². The molecule has 1 aliphatic heterocycles. The molecular formula is C19H29N5O2S. The molecule has 0 radical (unpaired) electrons. The van der Waals surface area contributed by atoms with E-state index in [-0.39, 0.29) is 5.56 Å². The van der Waals surface area contributed by atoms with Crippen LogP contribution in [-0.2, 0) is 13.6 Å². The van der Waals surface area contributed by atoms with Crippen LogP contribution in [0.4, 0.5) is 0 Å². The number of β-amino-alcohol motifs (C(OH)–C–C–N with tert-alkyl or cyclic N) is 1. The molecule has 0 saturated carbocycles. The monoisotopic (exact) mass is 391 g/mol. The Bertz CT molecular complexity index is 860. The molecule has 0 unspecified atom stereocenters. The number of nitrogens with zero attached hydrogens (tertiary/aromatic N) is 5. The predicted molar refractivity (Wildman–Crippen MR) is 108 cm³/mol. The van der Waals surface area contributed by atoms with Crippen LogP contribution in [0.5, 0.6) is 0 Å². The first kappa shape index (κ1) is 20.1. The molecule has 0 aliphatic carbocycles. The summed E-state index contributed by atoms with van der Waals surface area (Å²) in [7, 11) is 1.68. The molecule has 0 bridgehead atoms. The van der Waals surface area contributed by atoms with E-state index in [0.717, 1.165) is 54.7 Å². The highest BCUT2D eigenvalue weighted by atomic mass is 32.1. The van der Waals surface area contributed by atoms with Gasteiger partial charge < -0.3 is 5.11 Å². The van der Waals surface area contributed by atoms with Crippen LogP contribution in [0.1, 0.15) is 30.8 Å². The highest BCUT2D eigenvalue weighted by molar-refractivity contribution is 7.13. The van der Waals surface area contributed by atoms with Crippen LogP contribution in [0.2, 0.25) is 0 Å². The number of aliphatic hydroxyl groups is 1. The van der Waals surface area contributed by atoms with E-state index in [2.05, 4.69) is 14.9 Å². The molecule has 0 aromatic carbocycles. The summed E-state index contributed by atoms with van der Waals surface area (Å²) < 4.78 is 1.39. The number of aryl methyl sites for hydroxylation is 2. The zero-order valence-electron chi connectivity index (χ0n) is 16.8. The third-order valence-electron chi connectivity index (χ3n) is 4.95. The predicted octanol–water partition coefficient (Wildman–Crippen LogP) is 1.41. The van der Waals surface area contributed by atoms with E-state index >= 15 is 0 Å². The first-order chi connectivity index (χ1) is 12.6. The fourth-order valence-electron chi connectivity index (χ4n) is 3.48. The second-order valence-electron chi connectivity index (χ2n) is 8.02. The third-order valence-corrected chi connectivity index (χ3v) is 5.86. The van der Waals surface area contributed by atoms with Gasteiger partial charge in [-0.1, -0.05) is 0 Å². The van der Waals surface area contributed by atoms with Crippen LogP contribution >= 0.6 is 11.3 Å². The minimum absolute atomic E-state index is 0.0979. The Morgan fingerprint density at radius 2 is 1.81 bits per heavy atom. The van der Waals surface area contributed by atoms with Gasteiger partial charge in [-0.3, -0.25) is 14.6 Å². The Labute approximate surface area is 164 Å². The van der Waals surface area contributed by atoms with Crippen molar-refractivity contribution in [3.05, 3.63) is 32.7 Å². The van der Waals surface area contributed by atoms with Gasteiger partial charge in [-0.05, 0) is 33.3 Å². The van der Waals surface area contributed by atoms with Crippen LogP contribution in [-0.4, -0.2) is 68.0 Å². The van der Waals surface area contributed by atoms with Crippen LogP contribution in [0.3, 0.4) is 0 Å². The molecule has 2 aromatic heterocycles. The Morgan fingerprint density at radius 3 is 2.44 bits per heavy atom. The van der Waals surface area contributed by atoms with E-state index in [1.165, 1.54) is 16.0 Å². The lowest BCUT2D eigenvalue weighted by Gasteiger charge is -2.37. The highest BCUT2D eigenvalue weighted by Crippen LogP contribution is 2.25. The van der Waals surface area contributed by atoms with Crippen molar-refractivity contribution >= 4 is 11.3 Å². The van der Waals surface area contributed by atoms with Crippen molar-refractivity contribution in [3.63, 3.8) is 0 Å². The minimum Gasteiger partial charge on any atom is -0.389 e. The first-order valence-corrected chi connectivity index (χ1v) is 10.2. The van der Waals surface area contributed by atoms with Crippen molar-refractivity contribution < 1.29 is 5.11 Å². The number of rotatable bonds is 5. The van der Waals surface area contributed by atoms with Gasteiger partial charge in [0.05, 0.1) is 22.6 Å². The smallest absolute Gasteiger partial charge is 0.277 e. The van der Waals surface area contributed by atoms with E-state index in [4.69, 9.17) is 4.98 Å². The zero-order chi connectivity index (χ0) is 19.8. The minimum atomic E-state index is -0.654. The summed E-state index contributed by atoms with van der Waals surface area (Å²) in [5.74, 6) is 0. The summed E-state index contributed by atoms with van der Waals surface area (Å²) >= 11 is 1.52. The maximum atomic E-state index is 12.5. The van der Waals surface area contributed by atoms with E-state index in [1.807, 2.05) is 33.1 Å². The molecule has 0 spiro atoms. The van der Waals surface area contributed by atoms with Crippen molar-refractivity contribution in [2.24, 2.45) is 7.05 Å². The van der Waals surface area contributed by atoms with E-state index in [1.54, 1.807) is 7.05 Å². The molecule has 1 fully saturated rings. The lowest BCUT2D eigenvalue weighted by Crippen LogP contribution is -2.50. The van der Waals surface area contributed by atoms with Gasteiger partial charge in [-0.15, -0.1) is 11.3 Å². The number of hydrogen-bond donors (Lipinski definition) is 1. The second-order valence-corrected chi connectivity index (χ2v) is 8.88. The molecule has 1 N–H and O–H groups in total. The van der Waals surface area contributed by atoms with Gasteiger partial charge in [-0.25, -0.2) is 9.67 Å². The average Bonchev–Trinajstić information content (AvgIpc) is 3.02. The fraction of sp³-hybridized carbons (Fsp3) is 0.632. The Hall–Kier alpha value is -1.61. The highest BCUT2D eigenvalue weighted by Gasteiger charge is 2.23. The van der Waals surface area contributed by atoms with E-state index in [0.29, 0.717) is 12.1 Å². The molecule has 0 atom stereocenters. The number of thiazole rings is 1. The SMILES string of the molecule is Cc1nn(C)c(=O)c(-c2nc(CN3CCN(CC(C)(C)O)CC3)cs2)c1C. The molecule has 148 valence electrons. The molecule has 1 aliphatic rings. The summed E-state index contributed by atoms with van der Waals surface area (Å²) in [5.41, 5.74) is 2.67. The molecule has 8 heteroatoms. The van der Waals surface area contributed by atoms with E-state index in [9.17, 15) is 9.90 Å². The topological polar surface area (TPSA) is 74.5 Å². The number of aromatic nitrogens is 3. The number of piperazine rings is 1. The van der Waals surface area contributed by atoms with Crippen molar-refractivity contribution in [2.45, 2.75) is 39.8 Å². The van der Waals surface area contributed by atoms with Gasteiger partial charge >= 0.3 is 0 Å². The summed E-state index contributed by atoms with van der Waals surface area (Å²) in [6, 6.07) is 0. The van der Waals surface area contributed by atoms with Crippen LogP contribution < -0.4 is 5.56 Å². The third kappa shape index (κ3) is 4.82. The Balaban J connectivity index is 1.68. The zero-order valence-corrected chi connectivity index (χ0v) is 17.6. The first-order valence-electron chi connectivity index (χ1n) is 9.30. The lowest BCUT2D eigenvalue weighted by molar-refractivity contribution is 0.0165. The fourth-order valence-corrected chi connectivity index (χ4v) is 4.38. The van der Waals surface area contributed by atoms with Gasteiger partial charge in [0.25, 0.3) is 5.56 Å². The molecule has 0 amide bonds. The summed E-state index contributed by atoms with van der Waals surface area (Å²) in [4.78, 5) is 21.9. The van der Waals surface area contributed by atoms with Crippen LogP contribution in [0.15, 0.2) is 10.2 Å². The van der Waals surface area contributed by atoms with Gasteiger partial charge in [0.2, 0.25) is 0 Å². The van der Waals surface area contributed by atoms with Gasteiger partial charge in [0, 0.05) is 51.7 Å². The molecule has 7 nitrogen and oxygen atoms in total. The largest absolute Gasteiger partial charge is 0.389 e. The number of hydrogen-bond acceptors (Lipinski definition) is 7. The summed E-state index contributed by atoms with van der Waals surface area (Å²) in [5, 5.41) is 17.0. The van der Waals surface area contributed by atoms with Gasteiger partial charge in [0.1, 0.15) is 5.01 Å². The molecule has 2 aromatic rings. The average molecular weight is 392 g/mol. The second kappa shape index (κ2) is 7.79. The van der Waals surface area contributed by atoms with Gasteiger partial charge in [-0.2, -0.15) is 5.10 Å². The van der Waals surface area contributed by atoms with Crippen LogP contribution in [0.25, 0.3) is 10.6 Å². The lowest BCUT2D eigenvalue weighted by atomic mass is 10.1. The quantitative estimate of drug-likeness (QED) is 0.831. The maximum Gasteiger partial charge on any atom is 0.277 e. The standard InChI is InChI=1S/C19H29N5O2S/c1-13-14(2)21-22(5)18(25)16(13)17-20-15(11-27-17)10-23-6-8-24(9-7-23)12-19(3,4)26/h11,26H,6-10,12H2,1-5H3. The summed E-state index contributed by atoms with van der Waals surface area (Å²) in [6.07, 6.45) is 0. The van der Waals surface area contributed by atoms with E-state index < -0.39 is 5.60 Å². The Kier molecular flexibility index (Phi) is 5.81. The molecule has 1 saturated heterocycles. The summed E-state index contributed by atoms with van der Waals surface area (Å²) in [6.45, 7) is 12.8. The molecular weight excluding hydrogens is 362 g/mol. The van der Waals surface area contributed by atoms with Crippen molar-refractivity contribution in [3.8, 4) is 10.6 Å². The van der Waals surface area contributed by atoms with Crippen molar-refractivity contribution in [2.75, 3.05) is 32.7 Å². The molecule has 3 rings (SSSR count). The van der Waals surface area contributed by atoms with Gasteiger partial charge in [0.15, 0.2) is 0 Å². The maximum absolute atomic E-state index is 12.5. The van der Waals surface area contributed by atoms with Crippen LogP contribution in [0, 0.1) is 13.8 Å². The Morgan fingerprint density at radius 1 is 1.19 bits per heavy atom. The normalized spacial score (nSPS) is 16.8. The van der Waals surface area contributed by atoms with Crippen molar-refractivity contribution in [1.29, 1.82) is 0 Å².